The molecular formula is C12H27NO4Si. The van der Waals surface area contributed by atoms with Crippen molar-refractivity contribution in [3.05, 3.63) is 0 Å². The van der Waals surface area contributed by atoms with Crippen LogP contribution in [-0.2, 0) is 13.6 Å². The minimum atomic E-state index is -2.05. The van der Waals surface area contributed by atoms with Gasteiger partial charge in [-0.3, -0.25) is 4.79 Å². The van der Waals surface area contributed by atoms with Crippen molar-refractivity contribution in [1.82, 2.24) is 5.32 Å². The van der Waals surface area contributed by atoms with Gasteiger partial charge in [-0.25, -0.2) is 0 Å². The molecule has 108 valence electrons. The van der Waals surface area contributed by atoms with Crippen molar-refractivity contribution in [2.75, 3.05) is 20.8 Å². The van der Waals surface area contributed by atoms with E-state index in [1.807, 2.05) is 6.55 Å². The summed E-state index contributed by atoms with van der Waals surface area (Å²) < 4.78 is 10.9. The van der Waals surface area contributed by atoms with Gasteiger partial charge in [0.2, 0.25) is 5.91 Å². The number of hydrogen-bond donors (Lipinski definition) is 2. The number of amides is 1. The molecule has 0 saturated heterocycles. The second kappa shape index (κ2) is 7.23. The van der Waals surface area contributed by atoms with Crippen LogP contribution in [0.2, 0.25) is 12.6 Å². The van der Waals surface area contributed by atoms with Gasteiger partial charge in [0.25, 0.3) is 0 Å². The van der Waals surface area contributed by atoms with E-state index in [9.17, 15) is 4.79 Å². The van der Waals surface area contributed by atoms with Crippen LogP contribution in [0.5, 0.6) is 0 Å². The molecule has 0 aliphatic carbocycles. The fourth-order valence-electron chi connectivity index (χ4n) is 1.42. The molecule has 0 aromatic carbocycles. The quantitative estimate of drug-likeness (QED) is 0.656. The molecule has 0 bridgehead atoms. The normalized spacial score (nSPS) is 14.4. The minimum absolute atomic E-state index is 0.0458. The van der Waals surface area contributed by atoms with Crippen molar-refractivity contribution < 1.29 is 18.8 Å². The zero-order chi connectivity index (χ0) is 14.4. The number of aliphatic hydroxyl groups is 1. The molecule has 0 fully saturated rings. The lowest BCUT2D eigenvalue weighted by molar-refractivity contribution is -0.128. The molecule has 0 aromatic rings. The van der Waals surface area contributed by atoms with Crippen LogP contribution in [0.4, 0.5) is 0 Å². The number of carbonyl (C=O) groups excluding carboxylic acids is 1. The van der Waals surface area contributed by atoms with Crippen molar-refractivity contribution in [3.8, 4) is 0 Å². The van der Waals surface area contributed by atoms with E-state index in [0.29, 0.717) is 6.54 Å². The Balaban J connectivity index is 4.19. The van der Waals surface area contributed by atoms with Gasteiger partial charge in [-0.15, -0.1) is 0 Å². The molecule has 2 N–H and O–H groups in total. The minimum Gasteiger partial charge on any atom is -0.398 e. The Kier molecular flexibility index (Phi) is 7.05. The van der Waals surface area contributed by atoms with Gasteiger partial charge in [0.05, 0.1) is 0 Å². The topological polar surface area (TPSA) is 67.8 Å². The fraction of sp³-hybridized carbons (Fsp3) is 0.917. The Morgan fingerprint density at radius 1 is 1.39 bits per heavy atom. The van der Waals surface area contributed by atoms with Crippen molar-refractivity contribution in [3.63, 3.8) is 0 Å². The summed E-state index contributed by atoms with van der Waals surface area (Å²) in [6, 6.07) is 0.873. The van der Waals surface area contributed by atoms with E-state index in [-0.39, 0.29) is 11.3 Å². The molecule has 0 rings (SSSR count). The summed E-state index contributed by atoms with van der Waals surface area (Å²) >= 11 is 0. The summed E-state index contributed by atoms with van der Waals surface area (Å²) in [6.45, 7) is 8.18. The number of aliphatic hydroxyl groups excluding tert-OH is 1. The molecule has 1 unspecified atom stereocenters. The highest BCUT2D eigenvalue weighted by atomic mass is 28.4. The SMILES string of the molecule is CO[Si](C)(CCC(C)(C)CNC(=O)C(C)O)OC. The summed E-state index contributed by atoms with van der Waals surface area (Å²) in [5.41, 5.74) is -0.0458. The smallest absolute Gasteiger partial charge is 0.334 e. The standard InChI is InChI=1S/C12H27NO4Si/c1-10(14)11(15)13-9-12(2,3)7-8-18(6,16-4)17-5/h10,14H,7-9H2,1-6H3,(H,13,15). The van der Waals surface area contributed by atoms with E-state index in [1.54, 1.807) is 14.2 Å². The molecule has 0 aliphatic heterocycles. The van der Waals surface area contributed by atoms with E-state index < -0.39 is 14.7 Å². The molecule has 1 amide bonds. The lowest BCUT2D eigenvalue weighted by Crippen LogP contribution is -2.41. The molecule has 18 heavy (non-hydrogen) atoms. The highest BCUT2D eigenvalue weighted by molar-refractivity contribution is 6.65. The van der Waals surface area contributed by atoms with Crippen LogP contribution in [0.1, 0.15) is 27.2 Å². The fourth-order valence-corrected chi connectivity index (χ4v) is 3.12. The lowest BCUT2D eigenvalue weighted by Gasteiger charge is -2.30. The van der Waals surface area contributed by atoms with Crippen LogP contribution in [0.25, 0.3) is 0 Å². The molecule has 0 heterocycles. The zero-order valence-electron chi connectivity index (χ0n) is 12.4. The van der Waals surface area contributed by atoms with Gasteiger partial charge < -0.3 is 19.3 Å². The van der Waals surface area contributed by atoms with Crippen LogP contribution in [0.3, 0.4) is 0 Å². The molecule has 0 saturated carbocycles. The number of nitrogens with one attached hydrogen (secondary N) is 1. The van der Waals surface area contributed by atoms with Crippen molar-refractivity contribution in [2.24, 2.45) is 5.41 Å². The molecule has 0 radical (unpaired) electrons. The predicted molar refractivity (Wildman–Crippen MR) is 73.5 cm³/mol. The zero-order valence-corrected chi connectivity index (χ0v) is 13.4. The molecule has 6 heteroatoms. The van der Waals surface area contributed by atoms with Crippen LogP contribution in [-0.4, -0.2) is 46.4 Å². The van der Waals surface area contributed by atoms with Gasteiger partial charge in [-0.2, -0.15) is 0 Å². The second-order valence-corrected chi connectivity index (χ2v) is 9.18. The molecular weight excluding hydrogens is 250 g/mol. The van der Waals surface area contributed by atoms with Gasteiger partial charge in [-0.1, -0.05) is 13.8 Å². The van der Waals surface area contributed by atoms with Crippen LogP contribution in [0, 0.1) is 5.41 Å². The monoisotopic (exact) mass is 277 g/mol. The first kappa shape index (κ1) is 17.6. The summed E-state index contributed by atoms with van der Waals surface area (Å²) in [4.78, 5) is 11.3. The largest absolute Gasteiger partial charge is 0.398 e. The summed E-state index contributed by atoms with van der Waals surface area (Å²) in [6.07, 6.45) is -0.0595. The number of carbonyl (C=O) groups is 1. The van der Waals surface area contributed by atoms with E-state index in [2.05, 4.69) is 19.2 Å². The first-order valence-electron chi connectivity index (χ1n) is 6.22. The van der Waals surface area contributed by atoms with E-state index in [4.69, 9.17) is 14.0 Å². The molecule has 1 atom stereocenters. The third kappa shape index (κ3) is 6.49. The van der Waals surface area contributed by atoms with E-state index >= 15 is 0 Å². The lowest BCUT2D eigenvalue weighted by atomic mass is 9.90. The highest BCUT2D eigenvalue weighted by Crippen LogP contribution is 2.26. The van der Waals surface area contributed by atoms with Gasteiger partial charge >= 0.3 is 8.56 Å². The third-order valence-electron chi connectivity index (χ3n) is 3.24. The average molecular weight is 277 g/mol. The van der Waals surface area contributed by atoms with Crippen molar-refractivity contribution in [1.29, 1.82) is 0 Å². The number of rotatable bonds is 8. The van der Waals surface area contributed by atoms with E-state index in [1.165, 1.54) is 6.92 Å². The molecule has 0 aliphatic rings. The Bertz CT molecular complexity index is 265. The highest BCUT2D eigenvalue weighted by Gasteiger charge is 2.32. The maximum Gasteiger partial charge on any atom is 0.334 e. The van der Waals surface area contributed by atoms with E-state index in [0.717, 1.165) is 12.5 Å². The average Bonchev–Trinajstić information content (AvgIpc) is 2.33. The Hall–Kier alpha value is -0.433. The van der Waals surface area contributed by atoms with Crippen molar-refractivity contribution in [2.45, 2.75) is 45.9 Å². The van der Waals surface area contributed by atoms with Gasteiger partial charge in [0.15, 0.2) is 0 Å². The molecule has 0 aromatic heterocycles. The van der Waals surface area contributed by atoms with Crippen LogP contribution < -0.4 is 5.32 Å². The number of hydrogen-bond acceptors (Lipinski definition) is 4. The first-order valence-corrected chi connectivity index (χ1v) is 8.74. The maximum atomic E-state index is 11.3. The third-order valence-corrected chi connectivity index (χ3v) is 6.13. The van der Waals surface area contributed by atoms with Crippen LogP contribution >= 0.6 is 0 Å². The van der Waals surface area contributed by atoms with Gasteiger partial charge in [0, 0.05) is 20.8 Å². The predicted octanol–water partition coefficient (Wildman–Crippen LogP) is 1.26. The van der Waals surface area contributed by atoms with Gasteiger partial charge in [0.1, 0.15) is 6.10 Å². The van der Waals surface area contributed by atoms with Gasteiger partial charge in [-0.05, 0) is 31.4 Å². The Labute approximate surface area is 111 Å². The first-order chi connectivity index (χ1) is 8.16. The Morgan fingerprint density at radius 3 is 2.28 bits per heavy atom. The summed E-state index contributed by atoms with van der Waals surface area (Å²) in [5, 5.41) is 11.8. The van der Waals surface area contributed by atoms with Crippen molar-refractivity contribution >= 4 is 14.5 Å². The Morgan fingerprint density at radius 2 is 1.89 bits per heavy atom. The second-order valence-electron chi connectivity index (χ2n) is 5.60. The van der Waals surface area contributed by atoms with Crippen LogP contribution in [0.15, 0.2) is 0 Å². The summed E-state index contributed by atoms with van der Waals surface area (Å²) in [5.74, 6) is -0.332. The maximum absolute atomic E-state index is 11.3. The summed E-state index contributed by atoms with van der Waals surface area (Å²) in [7, 11) is 1.31. The molecule has 5 nitrogen and oxygen atoms in total. The molecule has 0 spiro atoms.